The van der Waals surface area contributed by atoms with Crippen LogP contribution in [0.2, 0.25) is 0 Å². The second-order valence-corrected chi connectivity index (χ2v) is 6.91. The van der Waals surface area contributed by atoms with E-state index in [-0.39, 0.29) is 12.5 Å². The number of benzene rings is 2. The van der Waals surface area contributed by atoms with Gasteiger partial charge in [0, 0.05) is 18.8 Å². The SMILES string of the molecule is CCCN(CCC)c1ccc(/C=N/NC(=O)COc2ccc(C)c(C)c2)cc1. The van der Waals surface area contributed by atoms with Crippen molar-refractivity contribution < 1.29 is 9.53 Å². The van der Waals surface area contributed by atoms with E-state index in [2.05, 4.69) is 41.4 Å². The molecule has 1 amide bonds. The van der Waals surface area contributed by atoms with E-state index in [9.17, 15) is 4.79 Å². The number of hydrogen-bond acceptors (Lipinski definition) is 4. The number of hydrogen-bond donors (Lipinski definition) is 1. The molecule has 0 bridgehead atoms. The van der Waals surface area contributed by atoms with E-state index in [1.807, 2.05) is 44.2 Å². The Morgan fingerprint density at radius 1 is 1.04 bits per heavy atom. The zero-order valence-electron chi connectivity index (χ0n) is 17.4. The first-order valence-electron chi connectivity index (χ1n) is 9.90. The van der Waals surface area contributed by atoms with Crippen molar-refractivity contribution in [2.24, 2.45) is 5.10 Å². The second-order valence-electron chi connectivity index (χ2n) is 6.91. The molecule has 0 aliphatic heterocycles. The van der Waals surface area contributed by atoms with Crippen LogP contribution in [0, 0.1) is 13.8 Å². The number of carbonyl (C=O) groups is 1. The van der Waals surface area contributed by atoms with Gasteiger partial charge in [-0.05, 0) is 67.6 Å². The molecule has 0 heterocycles. The lowest BCUT2D eigenvalue weighted by Gasteiger charge is -2.23. The quantitative estimate of drug-likeness (QED) is 0.488. The molecule has 0 saturated carbocycles. The summed E-state index contributed by atoms with van der Waals surface area (Å²) in [5, 5.41) is 4.01. The summed E-state index contributed by atoms with van der Waals surface area (Å²) in [4.78, 5) is 14.3. The Labute approximate surface area is 168 Å². The van der Waals surface area contributed by atoms with E-state index in [0.29, 0.717) is 5.75 Å². The number of carbonyl (C=O) groups excluding carboxylic acids is 1. The van der Waals surface area contributed by atoms with Crippen LogP contribution in [0.15, 0.2) is 47.6 Å². The Morgan fingerprint density at radius 3 is 2.32 bits per heavy atom. The van der Waals surface area contributed by atoms with Crippen LogP contribution in [0.3, 0.4) is 0 Å². The molecule has 0 saturated heterocycles. The maximum atomic E-state index is 11.9. The molecule has 0 aliphatic rings. The zero-order valence-corrected chi connectivity index (χ0v) is 17.4. The highest BCUT2D eigenvalue weighted by atomic mass is 16.5. The van der Waals surface area contributed by atoms with Crippen molar-refractivity contribution in [3.63, 3.8) is 0 Å². The van der Waals surface area contributed by atoms with Crippen molar-refractivity contribution in [3.05, 3.63) is 59.2 Å². The van der Waals surface area contributed by atoms with E-state index in [1.54, 1.807) is 6.21 Å². The van der Waals surface area contributed by atoms with E-state index in [0.717, 1.165) is 37.1 Å². The Hall–Kier alpha value is -2.82. The van der Waals surface area contributed by atoms with Crippen LogP contribution >= 0.6 is 0 Å². The van der Waals surface area contributed by atoms with Crippen LogP contribution in [0.25, 0.3) is 0 Å². The minimum atomic E-state index is -0.289. The summed E-state index contributed by atoms with van der Waals surface area (Å²) in [6.07, 6.45) is 3.89. The lowest BCUT2D eigenvalue weighted by Crippen LogP contribution is -2.25. The average molecular weight is 382 g/mol. The molecule has 0 unspecified atom stereocenters. The number of amides is 1. The standard InChI is InChI=1S/C23H31N3O2/c1-5-13-26(14-6-2)21-10-8-20(9-11-21)16-24-25-23(27)17-28-22-12-7-18(3)19(4)15-22/h7-12,15-16H,5-6,13-14,17H2,1-4H3,(H,25,27)/b24-16+. The first-order valence-corrected chi connectivity index (χ1v) is 9.90. The van der Waals surface area contributed by atoms with Gasteiger partial charge in [-0.2, -0.15) is 5.10 Å². The highest BCUT2D eigenvalue weighted by Crippen LogP contribution is 2.17. The smallest absolute Gasteiger partial charge is 0.277 e. The molecular weight excluding hydrogens is 350 g/mol. The van der Waals surface area contributed by atoms with Crippen molar-refractivity contribution in [1.29, 1.82) is 0 Å². The van der Waals surface area contributed by atoms with Gasteiger partial charge in [-0.25, -0.2) is 5.43 Å². The van der Waals surface area contributed by atoms with Gasteiger partial charge < -0.3 is 9.64 Å². The molecule has 0 aliphatic carbocycles. The number of nitrogens with zero attached hydrogens (tertiary/aromatic N) is 2. The molecule has 150 valence electrons. The molecule has 0 spiro atoms. The molecule has 0 aromatic heterocycles. The zero-order chi connectivity index (χ0) is 20.4. The van der Waals surface area contributed by atoms with Crippen LogP contribution in [0.5, 0.6) is 5.75 Å². The molecule has 1 N–H and O–H groups in total. The van der Waals surface area contributed by atoms with Crippen LogP contribution in [0.1, 0.15) is 43.4 Å². The summed E-state index contributed by atoms with van der Waals surface area (Å²) in [5.41, 5.74) is 6.98. The van der Waals surface area contributed by atoms with Gasteiger partial charge >= 0.3 is 0 Å². The van der Waals surface area contributed by atoms with Crippen LogP contribution in [-0.4, -0.2) is 31.8 Å². The van der Waals surface area contributed by atoms with Gasteiger partial charge in [-0.3, -0.25) is 4.79 Å². The summed E-state index contributed by atoms with van der Waals surface area (Å²) in [7, 11) is 0. The van der Waals surface area contributed by atoms with Crippen LogP contribution in [0.4, 0.5) is 5.69 Å². The number of hydrazone groups is 1. The summed E-state index contributed by atoms with van der Waals surface area (Å²) < 4.78 is 5.50. The Bertz CT molecular complexity index is 779. The fraction of sp³-hybridized carbons (Fsp3) is 0.391. The maximum Gasteiger partial charge on any atom is 0.277 e. The van der Waals surface area contributed by atoms with Gasteiger partial charge in [0.05, 0.1) is 6.21 Å². The van der Waals surface area contributed by atoms with E-state index >= 15 is 0 Å². The third-order valence-electron chi connectivity index (χ3n) is 4.50. The van der Waals surface area contributed by atoms with E-state index in [1.165, 1.54) is 11.3 Å². The van der Waals surface area contributed by atoms with Crippen molar-refractivity contribution in [2.75, 3.05) is 24.6 Å². The summed E-state index contributed by atoms with van der Waals surface area (Å²) in [6, 6.07) is 14.0. The molecule has 0 fully saturated rings. The molecule has 5 nitrogen and oxygen atoms in total. The summed E-state index contributed by atoms with van der Waals surface area (Å²) in [5.74, 6) is 0.393. The number of anilines is 1. The molecule has 2 aromatic rings. The van der Waals surface area contributed by atoms with Crippen LogP contribution in [-0.2, 0) is 4.79 Å². The third-order valence-corrected chi connectivity index (χ3v) is 4.50. The van der Waals surface area contributed by atoms with Crippen molar-refractivity contribution in [1.82, 2.24) is 5.43 Å². The molecule has 0 radical (unpaired) electrons. The van der Waals surface area contributed by atoms with Gasteiger partial charge in [-0.1, -0.05) is 32.0 Å². The van der Waals surface area contributed by atoms with Crippen molar-refractivity contribution >= 4 is 17.8 Å². The first kappa shape index (κ1) is 21.5. The highest BCUT2D eigenvalue weighted by Gasteiger charge is 2.04. The van der Waals surface area contributed by atoms with Gasteiger partial charge in [0.25, 0.3) is 5.91 Å². The predicted molar refractivity (Wildman–Crippen MR) is 116 cm³/mol. The predicted octanol–water partition coefficient (Wildman–Crippen LogP) is 4.46. The van der Waals surface area contributed by atoms with Gasteiger partial charge in [0.1, 0.15) is 5.75 Å². The number of rotatable bonds is 10. The molecule has 2 aromatic carbocycles. The minimum Gasteiger partial charge on any atom is -0.484 e. The summed E-state index contributed by atoms with van der Waals surface area (Å²) in [6.45, 7) is 10.5. The molecular formula is C23H31N3O2. The average Bonchev–Trinajstić information content (AvgIpc) is 2.69. The number of ether oxygens (including phenoxy) is 1. The Morgan fingerprint density at radius 2 is 1.71 bits per heavy atom. The molecule has 5 heteroatoms. The van der Waals surface area contributed by atoms with Crippen molar-refractivity contribution in [2.45, 2.75) is 40.5 Å². The summed E-state index contributed by atoms with van der Waals surface area (Å²) >= 11 is 0. The molecule has 28 heavy (non-hydrogen) atoms. The van der Waals surface area contributed by atoms with Crippen molar-refractivity contribution in [3.8, 4) is 5.75 Å². The lowest BCUT2D eigenvalue weighted by molar-refractivity contribution is -0.123. The monoisotopic (exact) mass is 381 g/mol. The first-order chi connectivity index (χ1) is 13.5. The Balaban J connectivity index is 1.82. The number of aryl methyl sites for hydroxylation is 2. The molecule has 0 atom stereocenters. The number of nitrogens with one attached hydrogen (secondary N) is 1. The minimum absolute atomic E-state index is 0.0677. The van der Waals surface area contributed by atoms with E-state index in [4.69, 9.17) is 4.74 Å². The largest absolute Gasteiger partial charge is 0.484 e. The second kappa shape index (κ2) is 11.1. The topological polar surface area (TPSA) is 53.9 Å². The van der Waals surface area contributed by atoms with Crippen LogP contribution < -0.4 is 15.1 Å². The fourth-order valence-electron chi connectivity index (χ4n) is 2.84. The Kier molecular flexibility index (Phi) is 8.53. The normalized spacial score (nSPS) is 10.9. The highest BCUT2D eigenvalue weighted by molar-refractivity contribution is 5.83. The van der Waals surface area contributed by atoms with E-state index < -0.39 is 0 Å². The fourth-order valence-corrected chi connectivity index (χ4v) is 2.84. The van der Waals surface area contributed by atoms with Gasteiger partial charge in [0.2, 0.25) is 0 Å². The third kappa shape index (κ3) is 6.72. The lowest BCUT2D eigenvalue weighted by atomic mass is 10.1. The van der Waals surface area contributed by atoms with Gasteiger partial charge in [0.15, 0.2) is 6.61 Å². The maximum absolute atomic E-state index is 11.9. The van der Waals surface area contributed by atoms with Gasteiger partial charge in [-0.15, -0.1) is 0 Å². The molecule has 2 rings (SSSR count).